The van der Waals surface area contributed by atoms with Crippen molar-refractivity contribution in [3.8, 4) is 17.0 Å². The number of nitrogens with zero attached hydrogens (tertiary/aromatic N) is 4. The van der Waals surface area contributed by atoms with E-state index in [0.717, 1.165) is 12.5 Å². The standard InChI is InChI=1S/C23H17Cl3F3N5O/c1-11(20-16(25)9-30-10-17(20)26)35-19-6-13-18(7-15(19)24)32-33-21(13)12-5-14(23(27,28)29)22(31-8-12)34-3-2-4-34/h5-11H,2-4H2,1H3,(H,32,33). The van der Waals surface area contributed by atoms with Crippen LogP contribution in [0.4, 0.5) is 19.0 Å². The van der Waals surface area contributed by atoms with Gasteiger partial charge >= 0.3 is 6.18 Å². The van der Waals surface area contributed by atoms with Crippen molar-refractivity contribution < 1.29 is 17.9 Å². The Morgan fingerprint density at radius 2 is 1.74 bits per heavy atom. The molecule has 4 aromatic rings. The second-order valence-corrected chi connectivity index (χ2v) is 9.33. The van der Waals surface area contributed by atoms with Crippen LogP contribution in [0.3, 0.4) is 0 Å². The summed E-state index contributed by atoms with van der Waals surface area (Å²) in [5, 5.41) is 8.52. The van der Waals surface area contributed by atoms with Crippen LogP contribution in [-0.2, 0) is 6.18 Å². The van der Waals surface area contributed by atoms with Crippen LogP contribution >= 0.6 is 34.8 Å². The van der Waals surface area contributed by atoms with Crippen molar-refractivity contribution in [2.75, 3.05) is 18.0 Å². The van der Waals surface area contributed by atoms with E-state index < -0.39 is 17.8 Å². The van der Waals surface area contributed by atoms with Gasteiger partial charge in [-0.1, -0.05) is 34.8 Å². The third-order valence-corrected chi connectivity index (χ3v) is 6.71. The molecule has 1 saturated heterocycles. The second-order valence-electron chi connectivity index (χ2n) is 8.11. The van der Waals surface area contributed by atoms with E-state index in [2.05, 4.69) is 20.2 Å². The van der Waals surface area contributed by atoms with Crippen LogP contribution in [0.5, 0.6) is 5.75 Å². The maximum Gasteiger partial charge on any atom is 0.419 e. The fourth-order valence-corrected chi connectivity index (χ4v) is 4.84. The molecule has 1 aromatic carbocycles. The number of benzene rings is 1. The van der Waals surface area contributed by atoms with Crippen LogP contribution < -0.4 is 9.64 Å². The highest BCUT2D eigenvalue weighted by molar-refractivity contribution is 6.36. The first kappa shape index (κ1) is 24.0. The lowest BCUT2D eigenvalue weighted by Gasteiger charge is -2.33. The summed E-state index contributed by atoms with van der Waals surface area (Å²) >= 11 is 18.9. The molecule has 1 atom stereocenters. The van der Waals surface area contributed by atoms with E-state index in [0.29, 0.717) is 51.0 Å². The number of hydrogen-bond acceptors (Lipinski definition) is 5. The molecule has 0 bridgehead atoms. The number of rotatable bonds is 5. The Kier molecular flexibility index (Phi) is 6.19. The Bertz CT molecular complexity index is 1400. The van der Waals surface area contributed by atoms with Crippen molar-refractivity contribution in [2.24, 2.45) is 0 Å². The van der Waals surface area contributed by atoms with E-state index in [4.69, 9.17) is 39.5 Å². The zero-order valence-electron chi connectivity index (χ0n) is 18.1. The molecule has 4 heterocycles. The van der Waals surface area contributed by atoms with Crippen LogP contribution in [0.1, 0.15) is 30.6 Å². The molecule has 35 heavy (non-hydrogen) atoms. The molecule has 0 saturated carbocycles. The van der Waals surface area contributed by atoms with Gasteiger partial charge in [-0.15, -0.1) is 0 Å². The van der Waals surface area contributed by atoms with Gasteiger partial charge in [0.25, 0.3) is 0 Å². The van der Waals surface area contributed by atoms with Gasteiger partial charge in [0.1, 0.15) is 23.4 Å². The van der Waals surface area contributed by atoms with E-state index >= 15 is 0 Å². The molecule has 0 radical (unpaired) electrons. The number of pyridine rings is 2. The highest BCUT2D eigenvalue weighted by atomic mass is 35.5. The Balaban J connectivity index is 1.55. The summed E-state index contributed by atoms with van der Waals surface area (Å²) in [6.45, 7) is 2.84. The van der Waals surface area contributed by atoms with Gasteiger partial charge in [0.05, 0.1) is 26.1 Å². The lowest BCUT2D eigenvalue weighted by atomic mass is 10.1. The molecule has 182 valence electrons. The monoisotopic (exact) mass is 541 g/mol. The fourth-order valence-electron chi connectivity index (χ4n) is 3.96. The highest BCUT2D eigenvalue weighted by Gasteiger charge is 2.37. The number of hydrogen-bond donors (Lipinski definition) is 1. The number of aromatic nitrogens is 4. The van der Waals surface area contributed by atoms with Crippen LogP contribution in [0.2, 0.25) is 15.1 Å². The molecule has 1 unspecified atom stereocenters. The minimum absolute atomic E-state index is 0.0701. The number of ether oxygens (including phenoxy) is 1. The summed E-state index contributed by atoms with van der Waals surface area (Å²) in [5.41, 5.74) is 0.779. The Hall–Kier alpha value is -2.75. The van der Waals surface area contributed by atoms with Crippen LogP contribution in [0, 0.1) is 0 Å². The quantitative estimate of drug-likeness (QED) is 0.286. The molecule has 1 aliphatic heterocycles. The molecular formula is C23H17Cl3F3N5O. The maximum atomic E-state index is 13.8. The highest BCUT2D eigenvalue weighted by Crippen LogP contribution is 2.41. The number of aromatic amines is 1. The van der Waals surface area contributed by atoms with Crippen molar-refractivity contribution in [3.05, 3.63) is 63.0 Å². The first-order valence-electron chi connectivity index (χ1n) is 10.6. The predicted molar refractivity (Wildman–Crippen MR) is 129 cm³/mol. The Morgan fingerprint density at radius 1 is 1.03 bits per heavy atom. The van der Waals surface area contributed by atoms with Crippen molar-refractivity contribution in [2.45, 2.75) is 25.6 Å². The summed E-state index contributed by atoms with van der Waals surface area (Å²) in [6, 6.07) is 4.29. The van der Waals surface area contributed by atoms with Crippen LogP contribution in [-0.4, -0.2) is 33.3 Å². The van der Waals surface area contributed by atoms with Gasteiger partial charge in [0, 0.05) is 48.2 Å². The number of anilines is 1. The zero-order chi connectivity index (χ0) is 24.9. The summed E-state index contributed by atoms with van der Waals surface area (Å²) in [4.78, 5) is 9.68. The molecule has 1 fully saturated rings. The Labute approximate surface area is 213 Å². The number of alkyl halides is 3. The lowest BCUT2D eigenvalue weighted by molar-refractivity contribution is -0.137. The third kappa shape index (κ3) is 4.48. The average Bonchev–Trinajstić information content (AvgIpc) is 3.14. The number of halogens is 6. The maximum absolute atomic E-state index is 13.8. The third-order valence-electron chi connectivity index (χ3n) is 5.82. The Morgan fingerprint density at radius 3 is 2.37 bits per heavy atom. The van der Waals surface area contributed by atoms with Gasteiger partial charge in [0.15, 0.2) is 0 Å². The van der Waals surface area contributed by atoms with Gasteiger partial charge in [0.2, 0.25) is 0 Å². The normalized spacial score (nSPS) is 14.8. The molecule has 5 rings (SSSR count). The molecule has 6 nitrogen and oxygen atoms in total. The van der Waals surface area contributed by atoms with Crippen molar-refractivity contribution in [3.63, 3.8) is 0 Å². The molecule has 0 spiro atoms. The molecule has 1 aliphatic rings. The predicted octanol–water partition coefficient (Wildman–Crippen LogP) is 7.35. The van der Waals surface area contributed by atoms with E-state index in [1.807, 2.05) is 0 Å². The van der Waals surface area contributed by atoms with E-state index in [9.17, 15) is 13.2 Å². The summed E-state index contributed by atoms with van der Waals surface area (Å²) in [6.07, 6.45) is -0.00330. The average molecular weight is 543 g/mol. The van der Waals surface area contributed by atoms with E-state index in [1.165, 1.54) is 18.6 Å². The smallest absolute Gasteiger partial charge is 0.419 e. The largest absolute Gasteiger partial charge is 0.484 e. The molecule has 0 aliphatic carbocycles. The first-order valence-corrected chi connectivity index (χ1v) is 11.7. The van der Waals surface area contributed by atoms with Gasteiger partial charge < -0.3 is 9.64 Å². The molecule has 12 heteroatoms. The van der Waals surface area contributed by atoms with E-state index in [1.54, 1.807) is 24.0 Å². The van der Waals surface area contributed by atoms with Gasteiger partial charge in [-0.2, -0.15) is 18.3 Å². The second kappa shape index (κ2) is 9.04. The number of nitrogens with one attached hydrogen (secondary N) is 1. The molecule has 3 aromatic heterocycles. The van der Waals surface area contributed by atoms with Crippen LogP contribution in [0.25, 0.3) is 22.2 Å². The molecular weight excluding hydrogens is 526 g/mol. The number of fused-ring (bicyclic) bond motifs is 1. The molecule has 1 N–H and O–H groups in total. The molecule has 0 amide bonds. The minimum atomic E-state index is -4.56. The SMILES string of the molecule is CC(Oc1cc2c(-c3cnc(N4CCC4)c(C(F)(F)F)c3)n[nH]c2cc1Cl)c1c(Cl)cncc1Cl. The van der Waals surface area contributed by atoms with E-state index in [-0.39, 0.29) is 16.4 Å². The van der Waals surface area contributed by atoms with Crippen molar-refractivity contribution in [1.29, 1.82) is 0 Å². The first-order chi connectivity index (χ1) is 16.6. The topological polar surface area (TPSA) is 66.9 Å². The minimum Gasteiger partial charge on any atom is -0.484 e. The van der Waals surface area contributed by atoms with Gasteiger partial charge in [-0.25, -0.2) is 4.98 Å². The van der Waals surface area contributed by atoms with Gasteiger partial charge in [-0.3, -0.25) is 10.1 Å². The van der Waals surface area contributed by atoms with Crippen molar-refractivity contribution >= 4 is 51.5 Å². The zero-order valence-corrected chi connectivity index (χ0v) is 20.4. The summed E-state index contributed by atoms with van der Waals surface area (Å²) in [7, 11) is 0. The lowest BCUT2D eigenvalue weighted by Crippen LogP contribution is -2.39. The fraction of sp³-hybridized carbons (Fsp3) is 0.261. The number of H-pyrrole nitrogens is 1. The van der Waals surface area contributed by atoms with Crippen LogP contribution in [0.15, 0.2) is 36.8 Å². The van der Waals surface area contributed by atoms with Gasteiger partial charge in [-0.05, 0) is 31.5 Å². The van der Waals surface area contributed by atoms with Crippen molar-refractivity contribution in [1.82, 2.24) is 20.2 Å². The summed E-state index contributed by atoms with van der Waals surface area (Å²) < 4.78 is 47.5. The summed E-state index contributed by atoms with van der Waals surface area (Å²) in [5.74, 6) is 0.221.